The van der Waals surface area contributed by atoms with Crippen LogP contribution in [0.1, 0.15) is 25.1 Å². The molecule has 0 aliphatic rings. The maximum Gasteiger partial charge on any atom is 0.0533 e. The first-order chi connectivity index (χ1) is 7.20. The highest BCUT2D eigenvalue weighted by molar-refractivity contribution is 5.10. The van der Waals surface area contributed by atoms with E-state index in [-0.39, 0.29) is 0 Å². The van der Waals surface area contributed by atoms with Crippen LogP contribution in [-0.4, -0.2) is 37.6 Å². The van der Waals surface area contributed by atoms with Gasteiger partial charge in [0.1, 0.15) is 0 Å². The van der Waals surface area contributed by atoms with E-state index in [9.17, 15) is 0 Å². The summed E-state index contributed by atoms with van der Waals surface area (Å²) in [7, 11) is 6.30. The lowest BCUT2D eigenvalue weighted by atomic mass is 9.93. The second kappa shape index (κ2) is 5.93. The Hall–Kier alpha value is -0.800. The first-order valence-electron chi connectivity index (χ1n) is 5.65. The Kier molecular flexibility index (Phi) is 4.85. The van der Waals surface area contributed by atoms with Crippen molar-refractivity contribution in [3.63, 3.8) is 0 Å². The number of rotatable bonds is 6. The van der Waals surface area contributed by atoms with E-state index in [2.05, 4.69) is 48.4 Å². The first-order valence-corrected chi connectivity index (χ1v) is 5.65. The first kappa shape index (κ1) is 12.3. The Bertz CT molecular complexity index is 254. The molecule has 0 saturated carbocycles. The molecule has 3 nitrogen and oxygen atoms in total. The van der Waals surface area contributed by atoms with Crippen molar-refractivity contribution in [1.29, 1.82) is 0 Å². The van der Waals surface area contributed by atoms with E-state index in [0.29, 0.717) is 12.0 Å². The molecule has 86 valence electrons. The van der Waals surface area contributed by atoms with E-state index in [1.165, 1.54) is 12.1 Å². The van der Waals surface area contributed by atoms with E-state index in [0.717, 1.165) is 6.54 Å². The molecule has 1 aromatic heterocycles. The van der Waals surface area contributed by atoms with E-state index in [1.54, 1.807) is 0 Å². The van der Waals surface area contributed by atoms with Gasteiger partial charge in [0.15, 0.2) is 0 Å². The fourth-order valence-electron chi connectivity index (χ4n) is 2.22. The molecular formula is C12H23N3. The molecule has 0 spiro atoms. The highest BCUT2D eigenvalue weighted by Gasteiger charge is 2.23. The highest BCUT2D eigenvalue weighted by atomic mass is 15.1. The molecule has 0 aliphatic carbocycles. The van der Waals surface area contributed by atoms with E-state index in [4.69, 9.17) is 0 Å². The molecule has 0 amide bonds. The van der Waals surface area contributed by atoms with Gasteiger partial charge in [-0.1, -0.05) is 13.3 Å². The van der Waals surface area contributed by atoms with Crippen LogP contribution in [-0.2, 0) is 0 Å². The second-order valence-corrected chi connectivity index (χ2v) is 4.26. The Morgan fingerprint density at radius 2 is 2.20 bits per heavy atom. The van der Waals surface area contributed by atoms with Crippen LogP contribution >= 0.6 is 0 Å². The molecule has 0 bridgehead atoms. The molecule has 1 aromatic rings. The largest absolute Gasteiger partial charge is 0.364 e. The predicted molar refractivity (Wildman–Crippen MR) is 64.9 cm³/mol. The molecule has 0 radical (unpaired) electrons. The third-order valence-corrected chi connectivity index (χ3v) is 2.93. The number of nitrogens with one attached hydrogen (secondary N) is 2. The Morgan fingerprint density at radius 1 is 1.47 bits per heavy atom. The highest BCUT2D eigenvalue weighted by Crippen LogP contribution is 2.27. The molecule has 0 fully saturated rings. The standard InChI is InChI=1S/C12H23N3/c1-5-10(9-13-2)12(15(3)4)11-7-6-8-14-11/h6-8,10,12-14H,5,9H2,1-4H3. The van der Waals surface area contributed by atoms with Gasteiger partial charge in [0, 0.05) is 11.9 Å². The van der Waals surface area contributed by atoms with Crippen LogP contribution in [0.4, 0.5) is 0 Å². The van der Waals surface area contributed by atoms with Crippen LogP contribution in [0.25, 0.3) is 0 Å². The van der Waals surface area contributed by atoms with Crippen molar-refractivity contribution < 1.29 is 0 Å². The Balaban J connectivity index is 2.81. The molecule has 2 atom stereocenters. The van der Waals surface area contributed by atoms with Crippen molar-refractivity contribution >= 4 is 0 Å². The number of aromatic amines is 1. The minimum absolute atomic E-state index is 0.470. The molecule has 1 rings (SSSR count). The maximum absolute atomic E-state index is 3.32. The van der Waals surface area contributed by atoms with Crippen LogP contribution in [0.3, 0.4) is 0 Å². The molecule has 2 N–H and O–H groups in total. The van der Waals surface area contributed by atoms with Gasteiger partial charge in [0.2, 0.25) is 0 Å². The molecule has 3 heteroatoms. The quantitative estimate of drug-likeness (QED) is 0.749. The Morgan fingerprint density at radius 3 is 2.60 bits per heavy atom. The molecular weight excluding hydrogens is 186 g/mol. The smallest absolute Gasteiger partial charge is 0.0533 e. The summed E-state index contributed by atoms with van der Waals surface area (Å²) in [6.45, 7) is 3.31. The van der Waals surface area contributed by atoms with Crippen LogP contribution < -0.4 is 5.32 Å². The van der Waals surface area contributed by atoms with Gasteiger partial charge < -0.3 is 15.2 Å². The van der Waals surface area contributed by atoms with Crippen molar-refractivity contribution in [1.82, 2.24) is 15.2 Å². The van der Waals surface area contributed by atoms with Gasteiger partial charge in [-0.05, 0) is 45.7 Å². The normalized spacial score (nSPS) is 15.5. The van der Waals surface area contributed by atoms with Gasteiger partial charge in [0.25, 0.3) is 0 Å². The van der Waals surface area contributed by atoms with Crippen LogP contribution in [0.15, 0.2) is 18.3 Å². The lowest BCUT2D eigenvalue weighted by molar-refractivity contribution is 0.200. The summed E-state index contributed by atoms with van der Waals surface area (Å²) in [5.41, 5.74) is 1.31. The zero-order chi connectivity index (χ0) is 11.3. The summed E-state index contributed by atoms with van der Waals surface area (Å²) in [6, 6.07) is 4.71. The van der Waals surface area contributed by atoms with Crippen molar-refractivity contribution in [2.45, 2.75) is 19.4 Å². The lowest BCUT2D eigenvalue weighted by Gasteiger charge is -2.31. The Labute approximate surface area is 92.9 Å². The molecule has 0 saturated heterocycles. The van der Waals surface area contributed by atoms with E-state index >= 15 is 0 Å². The molecule has 0 aliphatic heterocycles. The lowest BCUT2D eigenvalue weighted by Crippen LogP contribution is -2.33. The third-order valence-electron chi connectivity index (χ3n) is 2.93. The van der Waals surface area contributed by atoms with Gasteiger partial charge in [-0.25, -0.2) is 0 Å². The van der Waals surface area contributed by atoms with Crippen molar-refractivity contribution in [3.8, 4) is 0 Å². The average Bonchev–Trinajstić information content (AvgIpc) is 2.69. The van der Waals surface area contributed by atoms with E-state index in [1.807, 2.05) is 13.2 Å². The number of H-pyrrole nitrogens is 1. The van der Waals surface area contributed by atoms with Gasteiger partial charge in [-0.15, -0.1) is 0 Å². The summed E-state index contributed by atoms with van der Waals surface area (Å²) in [4.78, 5) is 5.61. The number of hydrogen-bond acceptors (Lipinski definition) is 2. The minimum Gasteiger partial charge on any atom is -0.364 e. The van der Waals surface area contributed by atoms with E-state index < -0.39 is 0 Å². The second-order valence-electron chi connectivity index (χ2n) is 4.26. The monoisotopic (exact) mass is 209 g/mol. The molecule has 1 heterocycles. The maximum atomic E-state index is 3.32. The SMILES string of the molecule is CCC(CNC)C(c1ccc[nH]1)N(C)C. The number of aromatic nitrogens is 1. The van der Waals surface area contributed by atoms with Crippen molar-refractivity contribution in [2.75, 3.05) is 27.7 Å². The fraction of sp³-hybridized carbons (Fsp3) is 0.667. The zero-order valence-electron chi connectivity index (χ0n) is 10.2. The number of hydrogen-bond donors (Lipinski definition) is 2. The van der Waals surface area contributed by atoms with Crippen molar-refractivity contribution in [2.24, 2.45) is 5.92 Å². The summed E-state index contributed by atoms with van der Waals surface area (Å²) in [6.07, 6.45) is 3.18. The zero-order valence-corrected chi connectivity index (χ0v) is 10.2. The topological polar surface area (TPSA) is 31.1 Å². The number of nitrogens with zero attached hydrogens (tertiary/aromatic N) is 1. The summed E-state index contributed by atoms with van der Waals surface area (Å²) in [5, 5.41) is 3.28. The minimum atomic E-state index is 0.470. The van der Waals surface area contributed by atoms with Crippen LogP contribution in [0.2, 0.25) is 0 Å². The summed E-state index contributed by atoms with van der Waals surface area (Å²) in [5.74, 6) is 0.642. The molecule has 2 unspecified atom stereocenters. The van der Waals surface area contributed by atoms with Gasteiger partial charge >= 0.3 is 0 Å². The van der Waals surface area contributed by atoms with Crippen LogP contribution in [0.5, 0.6) is 0 Å². The summed E-state index contributed by atoms with van der Waals surface area (Å²) >= 11 is 0. The third kappa shape index (κ3) is 3.08. The molecule has 0 aromatic carbocycles. The predicted octanol–water partition coefficient (Wildman–Crippen LogP) is 1.86. The summed E-state index contributed by atoms with van der Waals surface area (Å²) < 4.78 is 0. The van der Waals surface area contributed by atoms with Crippen LogP contribution in [0, 0.1) is 5.92 Å². The fourth-order valence-corrected chi connectivity index (χ4v) is 2.22. The molecule has 15 heavy (non-hydrogen) atoms. The van der Waals surface area contributed by atoms with Gasteiger partial charge in [0.05, 0.1) is 6.04 Å². The van der Waals surface area contributed by atoms with Crippen molar-refractivity contribution in [3.05, 3.63) is 24.0 Å². The van der Waals surface area contributed by atoms with Gasteiger partial charge in [-0.3, -0.25) is 0 Å². The average molecular weight is 209 g/mol. The van der Waals surface area contributed by atoms with Gasteiger partial charge in [-0.2, -0.15) is 0 Å².